The van der Waals surface area contributed by atoms with Crippen LogP contribution < -0.4 is 5.73 Å². The predicted molar refractivity (Wildman–Crippen MR) is 63.5 cm³/mol. The molecule has 3 heteroatoms. The van der Waals surface area contributed by atoms with E-state index >= 15 is 0 Å². The van der Waals surface area contributed by atoms with Crippen molar-refractivity contribution in [3.63, 3.8) is 0 Å². The van der Waals surface area contributed by atoms with Gasteiger partial charge in [0.15, 0.2) is 0 Å². The molecule has 0 aliphatic heterocycles. The molecule has 0 aliphatic rings. The van der Waals surface area contributed by atoms with E-state index in [1.54, 1.807) is 0 Å². The summed E-state index contributed by atoms with van der Waals surface area (Å²) in [4.78, 5) is 4.50. The van der Waals surface area contributed by atoms with E-state index in [0.29, 0.717) is 0 Å². The van der Waals surface area contributed by atoms with E-state index in [0.717, 1.165) is 19.6 Å². The SMILES string of the molecule is CN(C)CCN(C)CC(N)C(C)(C)C. The molecule has 86 valence electrons. The van der Waals surface area contributed by atoms with Crippen LogP contribution in [0.2, 0.25) is 0 Å². The smallest absolute Gasteiger partial charge is 0.0217 e. The molecule has 0 fully saturated rings. The quantitative estimate of drug-likeness (QED) is 0.716. The minimum Gasteiger partial charge on any atom is -0.326 e. The van der Waals surface area contributed by atoms with Crippen molar-refractivity contribution >= 4 is 0 Å². The summed E-state index contributed by atoms with van der Waals surface area (Å²) < 4.78 is 0. The highest BCUT2D eigenvalue weighted by Gasteiger charge is 2.21. The highest BCUT2D eigenvalue weighted by Crippen LogP contribution is 2.17. The Morgan fingerprint density at radius 3 is 1.93 bits per heavy atom. The van der Waals surface area contributed by atoms with Crippen molar-refractivity contribution < 1.29 is 0 Å². The van der Waals surface area contributed by atoms with E-state index in [9.17, 15) is 0 Å². The number of nitrogens with two attached hydrogens (primary N) is 1. The lowest BCUT2D eigenvalue weighted by Crippen LogP contribution is -2.45. The number of nitrogens with zero attached hydrogens (tertiary/aromatic N) is 2. The molecular weight excluding hydrogens is 174 g/mol. The van der Waals surface area contributed by atoms with Crippen LogP contribution in [0.3, 0.4) is 0 Å². The summed E-state index contributed by atoms with van der Waals surface area (Å²) in [7, 11) is 6.32. The molecule has 0 aliphatic carbocycles. The first kappa shape index (κ1) is 13.9. The van der Waals surface area contributed by atoms with Crippen LogP contribution in [0.1, 0.15) is 20.8 Å². The van der Waals surface area contributed by atoms with Crippen LogP contribution >= 0.6 is 0 Å². The Morgan fingerprint density at radius 2 is 1.57 bits per heavy atom. The maximum atomic E-state index is 6.10. The monoisotopic (exact) mass is 201 g/mol. The first-order valence-corrected chi connectivity index (χ1v) is 5.32. The Bertz CT molecular complexity index is 149. The molecule has 0 saturated heterocycles. The minimum atomic E-state index is 0.201. The van der Waals surface area contributed by atoms with Gasteiger partial charge in [-0.1, -0.05) is 20.8 Å². The molecule has 3 nitrogen and oxygen atoms in total. The van der Waals surface area contributed by atoms with E-state index in [1.807, 2.05) is 0 Å². The fourth-order valence-corrected chi connectivity index (χ4v) is 1.07. The summed E-state index contributed by atoms with van der Waals surface area (Å²) in [6.45, 7) is 9.72. The van der Waals surface area contributed by atoms with E-state index in [-0.39, 0.29) is 11.5 Å². The van der Waals surface area contributed by atoms with Gasteiger partial charge in [0.25, 0.3) is 0 Å². The van der Waals surface area contributed by atoms with Crippen molar-refractivity contribution in [2.45, 2.75) is 26.8 Å². The molecule has 14 heavy (non-hydrogen) atoms. The topological polar surface area (TPSA) is 32.5 Å². The molecule has 0 aromatic heterocycles. The van der Waals surface area contributed by atoms with Gasteiger partial charge in [0.2, 0.25) is 0 Å². The summed E-state index contributed by atoms with van der Waals surface area (Å²) in [5.74, 6) is 0. The molecule has 1 unspecified atom stereocenters. The third-order valence-corrected chi connectivity index (χ3v) is 2.55. The van der Waals surface area contributed by atoms with Crippen molar-refractivity contribution in [1.82, 2.24) is 9.80 Å². The van der Waals surface area contributed by atoms with Crippen molar-refractivity contribution in [1.29, 1.82) is 0 Å². The van der Waals surface area contributed by atoms with Gasteiger partial charge in [-0.3, -0.25) is 0 Å². The second kappa shape index (κ2) is 5.69. The van der Waals surface area contributed by atoms with Crippen LogP contribution in [-0.2, 0) is 0 Å². The Balaban J connectivity index is 3.77. The zero-order valence-corrected chi connectivity index (χ0v) is 10.7. The van der Waals surface area contributed by atoms with Crippen LogP contribution in [0.25, 0.3) is 0 Å². The summed E-state index contributed by atoms with van der Waals surface area (Å²) in [5, 5.41) is 0. The van der Waals surface area contributed by atoms with Gasteiger partial charge >= 0.3 is 0 Å². The fourth-order valence-electron chi connectivity index (χ4n) is 1.07. The largest absolute Gasteiger partial charge is 0.326 e. The van der Waals surface area contributed by atoms with Gasteiger partial charge in [-0.05, 0) is 26.6 Å². The van der Waals surface area contributed by atoms with Gasteiger partial charge in [-0.15, -0.1) is 0 Å². The van der Waals surface area contributed by atoms with E-state index < -0.39 is 0 Å². The summed E-state index contributed by atoms with van der Waals surface area (Å²) in [5.41, 5.74) is 6.30. The molecule has 0 aromatic rings. The number of hydrogen-bond acceptors (Lipinski definition) is 3. The zero-order valence-electron chi connectivity index (χ0n) is 10.7. The lowest BCUT2D eigenvalue weighted by atomic mass is 9.87. The maximum absolute atomic E-state index is 6.10. The average Bonchev–Trinajstić information content (AvgIpc) is 1.99. The first-order chi connectivity index (χ1) is 6.23. The molecule has 0 spiro atoms. The second-order valence-electron chi connectivity index (χ2n) is 5.54. The van der Waals surface area contributed by atoms with Gasteiger partial charge in [0.1, 0.15) is 0 Å². The third kappa shape index (κ3) is 6.35. The lowest BCUT2D eigenvalue weighted by molar-refractivity contribution is 0.213. The molecule has 0 heterocycles. The molecule has 0 rings (SSSR count). The Morgan fingerprint density at radius 1 is 1.07 bits per heavy atom. The fraction of sp³-hybridized carbons (Fsp3) is 1.00. The lowest BCUT2D eigenvalue weighted by Gasteiger charge is -2.31. The summed E-state index contributed by atoms with van der Waals surface area (Å²) in [6.07, 6.45) is 0. The number of likely N-dealkylation sites (N-methyl/N-ethyl adjacent to an activating group) is 2. The Hall–Kier alpha value is -0.120. The van der Waals surface area contributed by atoms with Crippen LogP contribution in [-0.4, -0.2) is 56.6 Å². The van der Waals surface area contributed by atoms with E-state index in [4.69, 9.17) is 5.73 Å². The molecule has 0 amide bonds. The number of hydrogen-bond donors (Lipinski definition) is 1. The van der Waals surface area contributed by atoms with Crippen LogP contribution in [0.15, 0.2) is 0 Å². The average molecular weight is 201 g/mol. The molecule has 0 saturated carbocycles. The van der Waals surface area contributed by atoms with Crippen LogP contribution in [0, 0.1) is 5.41 Å². The number of rotatable bonds is 5. The van der Waals surface area contributed by atoms with Crippen molar-refractivity contribution in [2.75, 3.05) is 40.8 Å². The molecule has 2 N–H and O–H groups in total. The van der Waals surface area contributed by atoms with Crippen molar-refractivity contribution in [3.05, 3.63) is 0 Å². The van der Waals surface area contributed by atoms with Crippen LogP contribution in [0.4, 0.5) is 0 Å². The normalized spacial score (nSPS) is 15.2. The highest BCUT2D eigenvalue weighted by atomic mass is 15.2. The Kier molecular flexibility index (Phi) is 5.64. The Labute approximate surface area is 89.2 Å². The maximum Gasteiger partial charge on any atom is 0.0217 e. The van der Waals surface area contributed by atoms with Gasteiger partial charge in [-0.2, -0.15) is 0 Å². The van der Waals surface area contributed by atoms with Gasteiger partial charge in [0.05, 0.1) is 0 Å². The zero-order chi connectivity index (χ0) is 11.4. The molecule has 0 aromatic carbocycles. The first-order valence-electron chi connectivity index (χ1n) is 5.32. The standard InChI is InChI=1S/C11H27N3/c1-11(2,3)10(12)9-14(6)8-7-13(4)5/h10H,7-9,12H2,1-6H3. The minimum absolute atomic E-state index is 0.201. The molecule has 0 radical (unpaired) electrons. The van der Waals surface area contributed by atoms with Crippen LogP contribution in [0.5, 0.6) is 0 Å². The summed E-state index contributed by atoms with van der Waals surface area (Å²) >= 11 is 0. The third-order valence-electron chi connectivity index (χ3n) is 2.55. The molecular formula is C11H27N3. The van der Waals surface area contributed by atoms with E-state index in [1.165, 1.54) is 0 Å². The molecule has 1 atom stereocenters. The second-order valence-corrected chi connectivity index (χ2v) is 5.54. The van der Waals surface area contributed by atoms with Crippen molar-refractivity contribution in [2.24, 2.45) is 11.1 Å². The summed E-state index contributed by atoms with van der Waals surface area (Å²) in [6, 6.07) is 0.245. The van der Waals surface area contributed by atoms with Gasteiger partial charge in [-0.25, -0.2) is 0 Å². The molecule has 0 bridgehead atoms. The van der Waals surface area contributed by atoms with Crippen molar-refractivity contribution in [3.8, 4) is 0 Å². The van der Waals surface area contributed by atoms with E-state index in [2.05, 4.69) is 51.7 Å². The highest BCUT2D eigenvalue weighted by molar-refractivity contribution is 4.79. The van der Waals surface area contributed by atoms with Gasteiger partial charge in [0, 0.05) is 25.7 Å². The predicted octanol–water partition coefficient (Wildman–Crippen LogP) is 0.853. The van der Waals surface area contributed by atoms with Gasteiger partial charge < -0.3 is 15.5 Å².